The van der Waals surface area contributed by atoms with E-state index in [1.54, 1.807) is 0 Å². The lowest BCUT2D eigenvalue weighted by Crippen LogP contribution is -1.67. The van der Waals surface area contributed by atoms with Gasteiger partial charge in [-0.25, -0.2) is 0 Å². The van der Waals surface area contributed by atoms with Crippen molar-refractivity contribution in [3.8, 4) is 0 Å². The Bertz CT molecular complexity index is 262. The van der Waals surface area contributed by atoms with Gasteiger partial charge in [-0.05, 0) is 19.3 Å². The van der Waals surface area contributed by atoms with E-state index in [-0.39, 0.29) is 0 Å². The van der Waals surface area contributed by atoms with E-state index in [0.29, 0.717) is 0 Å². The monoisotopic (exact) mass is 185 g/mol. The van der Waals surface area contributed by atoms with E-state index in [4.69, 9.17) is 0 Å². The zero-order valence-electron chi connectivity index (χ0n) is 8.47. The summed E-state index contributed by atoms with van der Waals surface area (Å²) in [6.45, 7) is 0. The Morgan fingerprint density at radius 3 is 2.29 bits per heavy atom. The zero-order valence-corrected chi connectivity index (χ0v) is 8.47. The maximum atomic E-state index is 2.24. The zero-order chi connectivity index (χ0) is 9.90. The van der Waals surface area contributed by atoms with Gasteiger partial charge in [0.05, 0.1) is 0 Å². The fraction of sp³-hybridized carbons (Fsp3) is 0.214. The van der Waals surface area contributed by atoms with E-state index in [0.717, 1.165) is 19.3 Å². The lowest BCUT2D eigenvalue weighted by Gasteiger charge is -1.87. The predicted molar refractivity (Wildman–Crippen MR) is 63.9 cm³/mol. The minimum Gasteiger partial charge on any atom is -0.0879 e. The Morgan fingerprint density at radius 1 is 0.500 bits per heavy atom. The molecule has 1 rings (SSSR count). The molecule has 0 aliphatic heterocycles. The highest BCUT2D eigenvalue weighted by Gasteiger charge is 1.77. The van der Waals surface area contributed by atoms with E-state index < -0.39 is 0 Å². The Balaban J connectivity index is 2.45. The molecular weight excluding hydrogens is 168 g/mol. The van der Waals surface area contributed by atoms with E-state index in [1.807, 2.05) is 24.6 Å². The van der Waals surface area contributed by atoms with Gasteiger partial charge in [0.25, 0.3) is 0 Å². The van der Waals surface area contributed by atoms with Gasteiger partial charge in [0.15, 0.2) is 0 Å². The van der Waals surface area contributed by atoms with E-state index in [1.165, 1.54) is 0 Å². The van der Waals surface area contributed by atoms with Gasteiger partial charge in [-0.3, -0.25) is 0 Å². The molecule has 14 heavy (non-hydrogen) atoms. The highest BCUT2D eigenvalue weighted by atomic mass is 13.8. The summed E-state index contributed by atoms with van der Waals surface area (Å²) in [4.78, 5) is 0. The molecule has 0 saturated heterocycles. The van der Waals surface area contributed by atoms with E-state index in [9.17, 15) is 0 Å². The Hall–Kier alpha value is -1.30. The molecule has 0 fully saturated rings. The summed E-state index contributed by atoms with van der Waals surface area (Å²) in [5.74, 6) is 0. The quantitative estimate of drug-likeness (QED) is 0.497. The van der Waals surface area contributed by atoms with Crippen LogP contribution in [0.1, 0.15) is 19.3 Å². The molecule has 0 aromatic rings. The lowest BCUT2D eigenvalue weighted by molar-refractivity contribution is 1.04. The summed E-state index contributed by atoms with van der Waals surface area (Å²) in [5, 5.41) is 0. The minimum atomic E-state index is 1.03. The molecular formula is C14H17. The molecule has 1 aliphatic carbocycles. The molecule has 0 aromatic heterocycles. The number of rotatable bonds is 0. The lowest BCUT2D eigenvalue weighted by atomic mass is 10.2. The van der Waals surface area contributed by atoms with Crippen LogP contribution in [0.4, 0.5) is 0 Å². The third kappa shape index (κ3) is 6.24. The molecule has 0 heteroatoms. The third-order valence-electron chi connectivity index (χ3n) is 1.88. The predicted octanol–water partition coefficient (Wildman–Crippen LogP) is 4.16. The van der Waals surface area contributed by atoms with Gasteiger partial charge < -0.3 is 0 Å². The maximum Gasteiger partial charge on any atom is 0.00475 e. The van der Waals surface area contributed by atoms with Gasteiger partial charge in [-0.2, -0.15) is 0 Å². The molecule has 1 aliphatic rings. The van der Waals surface area contributed by atoms with Crippen LogP contribution >= 0.6 is 0 Å². The first-order chi connectivity index (χ1) is 7.00. The maximum absolute atomic E-state index is 2.24. The SMILES string of the molecule is [CH]1/C=C/C=C\C=C\CC/C=C\C/C=C/1. The van der Waals surface area contributed by atoms with Gasteiger partial charge in [-0.15, -0.1) is 0 Å². The van der Waals surface area contributed by atoms with Gasteiger partial charge in [0.1, 0.15) is 0 Å². The van der Waals surface area contributed by atoms with Gasteiger partial charge in [0.2, 0.25) is 0 Å². The third-order valence-corrected chi connectivity index (χ3v) is 1.88. The number of hydrogen-bond donors (Lipinski definition) is 0. The molecule has 0 unspecified atom stereocenters. The van der Waals surface area contributed by atoms with Crippen molar-refractivity contribution in [3.05, 3.63) is 67.2 Å². The molecule has 0 spiro atoms. The average molecular weight is 185 g/mol. The molecule has 0 N–H and O–H groups in total. The van der Waals surface area contributed by atoms with Gasteiger partial charge >= 0.3 is 0 Å². The first-order valence-electron chi connectivity index (χ1n) is 5.13. The second kappa shape index (κ2) is 8.31. The van der Waals surface area contributed by atoms with E-state index in [2.05, 4.69) is 42.5 Å². The van der Waals surface area contributed by atoms with Crippen LogP contribution in [0.2, 0.25) is 0 Å². The standard InChI is InChI=1S/C14H17/c1-2-4-6-8-10-12-14-13-11-9-7-5-3-1/h1-9,12,14H,10-11,13H2/b2-1+,5-3-,8-6+,9-7+,14-12-. The highest BCUT2D eigenvalue weighted by molar-refractivity contribution is 5.17. The van der Waals surface area contributed by atoms with Crippen LogP contribution in [-0.2, 0) is 0 Å². The average Bonchev–Trinajstić information content (AvgIpc) is 2.22. The van der Waals surface area contributed by atoms with Crippen LogP contribution in [0.3, 0.4) is 0 Å². The molecule has 0 nitrogen and oxygen atoms in total. The van der Waals surface area contributed by atoms with Crippen LogP contribution in [0.15, 0.2) is 60.8 Å². The molecule has 1 radical (unpaired) electrons. The van der Waals surface area contributed by atoms with Crippen LogP contribution in [0, 0.1) is 6.42 Å². The molecule has 0 aromatic carbocycles. The Morgan fingerprint density at radius 2 is 1.29 bits per heavy atom. The smallest absolute Gasteiger partial charge is 0.00475 e. The van der Waals surface area contributed by atoms with Crippen molar-refractivity contribution in [2.24, 2.45) is 0 Å². The molecule has 0 amide bonds. The Labute approximate surface area is 87.0 Å². The molecule has 73 valence electrons. The van der Waals surface area contributed by atoms with Crippen molar-refractivity contribution in [1.29, 1.82) is 0 Å². The fourth-order valence-corrected chi connectivity index (χ4v) is 1.14. The van der Waals surface area contributed by atoms with Crippen LogP contribution in [-0.4, -0.2) is 0 Å². The van der Waals surface area contributed by atoms with Crippen molar-refractivity contribution in [2.75, 3.05) is 0 Å². The number of allylic oxidation sites excluding steroid dienone is 10. The fourth-order valence-electron chi connectivity index (χ4n) is 1.14. The summed E-state index contributed by atoms with van der Waals surface area (Å²) >= 11 is 0. The minimum absolute atomic E-state index is 1.03. The van der Waals surface area contributed by atoms with Crippen molar-refractivity contribution >= 4 is 0 Å². The summed E-state index contributed by atoms with van der Waals surface area (Å²) in [5.41, 5.74) is 0. The summed E-state index contributed by atoms with van der Waals surface area (Å²) in [6.07, 6.45) is 26.5. The molecule has 0 bridgehead atoms. The van der Waals surface area contributed by atoms with Crippen LogP contribution < -0.4 is 0 Å². The first-order valence-corrected chi connectivity index (χ1v) is 5.13. The van der Waals surface area contributed by atoms with Crippen molar-refractivity contribution in [1.82, 2.24) is 0 Å². The van der Waals surface area contributed by atoms with Crippen LogP contribution in [0.5, 0.6) is 0 Å². The second-order valence-corrected chi connectivity index (χ2v) is 3.10. The normalized spacial score (nSPS) is 29.7. The Kier molecular flexibility index (Phi) is 6.39. The van der Waals surface area contributed by atoms with E-state index >= 15 is 0 Å². The number of hydrogen-bond acceptors (Lipinski definition) is 0. The highest BCUT2D eigenvalue weighted by Crippen LogP contribution is 1.97. The van der Waals surface area contributed by atoms with Gasteiger partial charge in [-0.1, -0.05) is 60.8 Å². The second-order valence-electron chi connectivity index (χ2n) is 3.10. The molecule has 0 heterocycles. The van der Waals surface area contributed by atoms with Crippen molar-refractivity contribution < 1.29 is 0 Å². The topological polar surface area (TPSA) is 0 Å². The van der Waals surface area contributed by atoms with Crippen LogP contribution in [0.25, 0.3) is 0 Å². The molecule has 0 atom stereocenters. The largest absolute Gasteiger partial charge is 0.0879 e. The van der Waals surface area contributed by atoms with Crippen molar-refractivity contribution in [3.63, 3.8) is 0 Å². The summed E-state index contributed by atoms with van der Waals surface area (Å²) in [6, 6.07) is 0. The summed E-state index contributed by atoms with van der Waals surface area (Å²) in [7, 11) is 0. The van der Waals surface area contributed by atoms with Gasteiger partial charge in [0, 0.05) is 6.42 Å². The summed E-state index contributed by atoms with van der Waals surface area (Å²) < 4.78 is 0. The van der Waals surface area contributed by atoms with Crippen molar-refractivity contribution in [2.45, 2.75) is 19.3 Å². The first kappa shape index (κ1) is 10.8. The molecule has 0 saturated carbocycles.